The summed E-state index contributed by atoms with van der Waals surface area (Å²) in [6.45, 7) is 3.51. The summed E-state index contributed by atoms with van der Waals surface area (Å²) in [7, 11) is 0. The summed E-state index contributed by atoms with van der Waals surface area (Å²) in [6, 6.07) is 17.0. The van der Waals surface area contributed by atoms with Crippen LogP contribution in [0.15, 0.2) is 73.2 Å². The van der Waals surface area contributed by atoms with Crippen molar-refractivity contribution in [2.45, 2.75) is 32.2 Å². The number of hydrogen-bond acceptors (Lipinski definition) is 4. The minimum absolute atomic E-state index is 0.0653. The number of carbonyl (C=O) groups is 2. The molecule has 35 heavy (non-hydrogen) atoms. The average Bonchev–Trinajstić information content (AvgIpc) is 3.37. The fraction of sp³-hybridized carbons (Fsp3) is 0.250. The van der Waals surface area contributed by atoms with E-state index in [1.807, 2.05) is 58.1 Å². The van der Waals surface area contributed by atoms with Crippen molar-refractivity contribution in [1.29, 1.82) is 0 Å². The Morgan fingerprint density at radius 3 is 2.60 bits per heavy atom. The third kappa shape index (κ3) is 4.75. The molecule has 0 radical (unpaired) electrons. The van der Waals surface area contributed by atoms with Crippen LogP contribution in [0.2, 0.25) is 0 Å². The number of aromatic hydroxyl groups is 1. The maximum Gasteiger partial charge on any atom is 0.257 e. The zero-order valence-corrected chi connectivity index (χ0v) is 19.6. The maximum atomic E-state index is 12.9. The number of amides is 2. The molecule has 0 aliphatic carbocycles. The van der Waals surface area contributed by atoms with E-state index in [9.17, 15) is 14.7 Å². The summed E-state index contributed by atoms with van der Waals surface area (Å²) in [5.74, 6) is 0.167. The van der Waals surface area contributed by atoms with Gasteiger partial charge in [-0.1, -0.05) is 24.3 Å². The highest BCUT2D eigenvalue weighted by atomic mass is 16.3. The highest BCUT2D eigenvalue weighted by Gasteiger charge is 2.26. The molecule has 4 aromatic rings. The number of phenols is 1. The van der Waals surface area contributed by atoms with E-state index in [2.05, 4.69) is 10.3 Å². The van der Waals surface area contributed by atoms with Gasteiger partial charge < -0.3 is 19.7 Å². The molecule has 7 heteroatoms. The number of phenolic OH excluding ortho intramolecular Hbond substituents is 1. The molecule has 178 valence electrons. The lowest BCUT2D eigenvalue weighted by atomic mass is 9.88. The number of fused-ring (bicyclic) bond motifs is 1. The number of hydrogen-bond donors (Lipinski definition) is 2. The largest absolute Gasteiger partial charge is 0.507 e. The van der Waals surface area contributed by atoms with Crippen LogP contribution in [-0.4, -0.2) is 44.3 Å². The van der Waals surface area contributed by atoms with Crippen molar-refractivity contribution in [3.8, 4) is 5.75 Å². The van der Waals surface area contributed by atoms with E-state index >= 15 is 0 Å². The predicted octanol–water partition coefficient (Wildman–Crippen LogP) is 4.30. The van der Waals surface area contributed by atoms with Crippen molar-refractivity contribution < 1.29 is 14.7 Å². The highest BCUT2D eigenvalue weighted by Crippen LogP contribution is 2.30. The van der Waals surface area contributed by atoms with E-state index in [1.54, 1.807) is 31.3 Å². The van der Waals surface area contributed by atoms with E-state index < -0.39 is 0 Å². The van der Waals surface area contributed by atoms with Gasteiger partial charge in [0, 0.05) is 43.8 Å². The van der Waals surface area contributed by atoms with Gasteiger partial charge in [-0.3, -0.25) is 9.59 Å². The number of para-hydroxylation sites is 1. The van der Waals surface area contributed by atoms with Gasteiger partial charge in [-0.15, -0.1) is 0 Å². The summed E-state index contributed by atoms with van der Waals surface area (Å²) in [5.41, 5.74) is 4.71. The number of likely N-dealkylation sites (tertiary alicyclic amines) is 1. The number of imidazole rings is 1. The van der Waals surface area contributed by atoms with Crippen LogP contribution in [-0.2, 0) is 6.54 Å². The molecule has 2 aromatic heterocycles. The Kier molecular flexibility index (Phi) is 6.23. The van der Waals surface area contributed by atoms with Gasteiger partial charge in [0.05, 0.1) is 5.56 Å². The van der Waals surface area contributed by atoms with Gasteiger partial charge in [0.25, 0.3) is 11.8 Å². The number of benzene rings is 2. The maximum absolute atomic E-state index is 12.9. The molecule has 5 rings (SSSR count). The molecule has 0 spiro atoms. The first-order valence-corrected chi connectivity index (χ1v) is 11.9. The van der Waals surface area contributed by atoms with Crippen LogP contribution in [0.4, 0.5) is 0 Å². The molecule has 0 unspecified atom stereocenters. The van der Waals surface area contributed by atoms with E-state index in [1.165, 1.54) is 5.56 Å². The van der Waals surface area contributed by atoms with E-state index in [4.69, 9.17) is 0 Å². The van der Waals surface area contributed by atoms with Crippen molar-refractivity contribution >= 4 is 17.5 Å². The van der Waals surface area contributed by atoms with Crippen molar-refractivity contribution in [1.82, 2.24) is 19.6 Å². The Balaban J connectivity index is 1.16. The van der Waals surface area contributed by atoms with Crippen molar-refractivity contribution in [3.63, 3.8) is 0 Å². The molecule has 2 N–H and O–H groups in total. The molecule has 1 fully saturated rings. The van der Waals surface area contributed by atoms with Gasteiger partial charge in [-0.2, -0.15) is 0 Å². The molecule has 2 amide bonds. The number of nitrogens with zero attached hydrogens (tertiary/aromatic N) is 3. The van der Waals surface area contributed by atoms with Crippen molar-refractivity contribution in [2.24, 2.45) is 0 Å². The lowest BCUT2D eigenvalue weighted by Crippen LogP contribution is -2.38. The average molecular weight is 469 g/mol. The first kappa shape index (κ1) is 22.7. The lowest BCUT2D eigenvalue weighted by Gasteiger charge is -2.32. The monoisotopic (exact) mass is 468 g/mol. The molecule has 0 saturated carbocycles. The molecule has 0 atom stereocenters. The third-order valence-corrected chi connectivity index (χ3v) is 6.81. The van der Waals surface area contributed by atoms with Crippen LogP contribution in [0.1, 0.15) is 56.2 Å². The fourth-order valence-electron chi connectivity index (χ4n) is 4.67. The topological polar surface area (TPSA) is 86.9 Å². The van der Waals surface area contributed by atoms with Crippen LogP contribution >= 0.6 is 0 Å². The molecule has 7 nitrogen and oxygen atoms in total. The summed E-state index contributed by atoms with van der Waals surface area (Å²) in [6.07, 6.45) is 7.26. The summed E-state index contributed by atoms with van der Waals surface area (Å²) < 4.78 is 1.93. The SMILES string of the molecule is Cc1cccc(C(=O)N2CCC(c3ccc(C(=O)NCc4ccn5ccnc5c4)cc3)CC2)c1O. The van der Waals surface area contributed by atoms with E-state index in [0.29, 0.717) is 42.2 Å². The van der Waals surface area contributed by atoms with Gasteiger partial charge in [0.1, 0.15) is 11.4 Å². The van der Waals surface area contributed by atoms with Crippen LogP contribution in [0.3, 0.4) is 0 Å². The fourth-order valence-corrected chi connectivity index (χ4v) is 4.67. The van der Waals surface area contributed by atoms with Crippen LogP contribution in [0.5, 0.6) is 5.75 Å². The molecule has 3 heterocycles. The Bertz CT molecular complexity index is 1370. The van der Waals surface area contributed by atoms with Gasteiger partial charge in [-0.25, -0.2) is 4.98 Å². The Labute approximate surface area is 204 Å². The molecule has 1 aliphatic rings. The molecule has 1 saturated heterocycles. The second-order valence-corrected chi connectivity index (χ2v) is 9.07. The molecule has 2 aromatic carbocycles. The molecular weight excluding hydrogens is 440 g/mol. The van der Waals surface area contributed by atoms with E-state index in [0.717, 1.165) is 24.1 Å². The normalized spacial score (nSPS) is 14.3. The Hall–Kier alpha value is -4.13. The Morgan fingerprint density at radius 1 is 1.06 bits per heavy atom. The highest BCUT2D eigenvalue weighted by molar-refractivity contribution is 5.97. The van der Waals surface area contributed by atoms with Crippen molar-refractivity contribution in [3.05, 3.63) is 101 Å². The minimum Gasteiger partial charge on any atom is -0.507 e. The number of pyridine rings is 1. The smallest absolute Gasteiger partial charge is 0.257 e. The number of aryl methyl sites for hydroxylation is 1. The number of rotatable bonds is 5. The molecular formula is C28H28N4O3. The first-order valence-electron chi connectivity index (χ1n) is 11.9. The van der Waals surface area contributed by atoms with E-state index in [-0.39, 0.29) is 17.6 Å². The second-order valence-electron chi connectivity index (χ2n) is 9.07. The van der Waals surface area contributed by atoms with Crippen LogP contribution in [0.25, 0.3) is 5.65 Å². The molecule has 1 aliphatic heterocycles. The zero-order chi connectivity index (χ0) is 24.4. The van der Waals surface area contributed by atoms with Gasteiger partial charge in [-0.05, 0) is 72.7 Å². The quantitative estimate of drug-likeness (QED) is 0.457. The third-order valence-electron chi connectivity index (χ3n) is 6.81. The van der Waals surface area contributed by atoms with Gasteiger partial charge in [0.2, 0.25) is 0 Å². The summed E-state index contributed by atoms with van der Waals surface area (Å²) >= 11 is 0. The minimum atomic E-state index is -0.122. The zero-order valence-electron chi connectivity index (χ0n) is 19.6. The number of aromatic nitrogens is 2. The van der Waals surface area contributed by atoms with Gasteiger partial charge >= 0.3 is 0 Å². The number of carbonyl (C=O) groups excluding carboxylic acids is 2. The van der Waals surface area contributed by atoms with Crippen LogP contribution < -0.4 is 5.32 Å². The lowest BCUT2D eigenvalue weighted by molar-refractivity contribution is 0.0709. The number of nitrogens with one attached hydrogen (secondary N) is 1. The summed E-state index contributed by atoms with van der Waals surface area (Å²) in [5, 5.41) is 13.2. The first-order chi connectivity index (χ1) is 17.0. The Morgan fingerprint density at radius 2 is 1.83 bits per heavy atom. The predicted molar refractivity (Wildman–Crippen MR) is 134 cm³/mol. The standard InChI is InChI=1S/C28H28N4O3/c1-19-3-2-4-24(26(19)33)28(35)32-14-10-22(11-15-32)21-5-7-23(8-6-21)27(34)30-18-20-9-13-31-16-12-29-25(31)17-20/h2-9,12-13,16-17,22,33H,10-11,14-15,18H2,1H3,(H,30,34). The van der Waals surface area contributed by atoms with Crippen molar-refractivity contribution in [2.75, 3.05) is 13.1 Å². The van der Waals surface area contributed by atoms with Crippen LogP contribution in [0, 0.1) is 6.92 Å². The summed E-state index contributed by atoms with van der Waals surface area (Å²) in [4.78, 5) is 31.6. The molecule has 0 bridgehead atoms. The second kappa shape index (κ2) is 9.62. The van der Waals surface area contributed by atoms with Gasteiger partial charge in [0.15, 0.2) is 0 Å². The number of piperidine rings is 1.